The number of carbonyl (C=O) groups is 1. The lowest BCUT2D eigenvalue weighted by Crippen LogP contribution is -2.47. The first-order valence-electron chi connectivity index (χ1n) is 5.72. The molecule has 0 saturated carbocycles. The number of hydrogen-bond acceptors (Lipinski definition) is 2. The molecule has 4 heteroatoms. The molecule has 0 radical (unpaired) electrons. The van der Waals surface area contributed by atoms with E-state index in [-0.39, 0.29) is 6.03 Å². The average molecular weight is 233 g/mol. The predicted molar refractivity (Wildman–Crippen MR) is 70.9 cm³/mol. The highest BCUT2D eigenvalue weighted by molar-refractivity contribution is 5.80. The van der Waals surface area contributed by atoms with E-state index in [0.717, 1.165) is 29.7 Å². The van der Waals surface area contributed by atoms with Gasteiger partial charge in [0.2, 0.25) is 0 Å². The van der Waals surface area contributed by atoms with Crippen LogP contribution >= 0.6 is 0 Å². The van der Waals surface area contributed by atoms with E-state index in [1.807, 2.05) is 19.1 Å². The van der Waals surface area contributed by atoms with Crippen molar-refractivity contribution in [1.29, 1.82) is 0 Å². The van der Waals surface area contributed by atoms with Gasteiger partial charge in [0.25, 0.3) is 0 Å². The molecule has 2 N–H and O–H groups in total. The lowest BCUT2D eigenvalue weighted by molar-refractivity contribution is 0.239. The Labute approximate surface area is 102 Å². The van der Waals surface area contributed by atoms with Crippen LogP contribution in [-0.2, 0) is 0 Å². The van der Waals surface area contributed by atoms with Crippen LogP contribution < -0.4 is 10.6 Å². The molecule has 1 aliphatic heterocycles. The molecule has 0 aromatic heterocycles. The fourth-order valence-electron chi connectivity index (χ4n) is 1.82. The Balaban J connectivity index is 3.17. The zero-order valence-electron chi connectivity index (χ0n) is 10.4. The normalized spacial score (nSPS) is 20.1. The number of allylic oxidation sites excluding steroid dienone is 2. The molecule has 0 saturated heterocycles. The predicted octanol–water partition coefficient (Wildman–Crippen LogP) is 2.51. The Kier molecular flexibility index (Phi) is 4.69. The van der Waals surface area contributed by atoms with Crippen molar-refractivity contribution in [1.82, 2.24) is 10.6 Å². The van der Waals surface area contributed by atoms with Crippen LogP contribution in [0.4, 0.5) is 4.79 Å². The quantitative estimate of drug-likeness (QED) is 0.704. The zero-order valence-corrected chi connectivity index (χ0v) is 10.4. The first-order valence-corrected chi connectivity index (χ1v) is 5.72. The number of carbonyl (C=O) groups excluding carboxylic acids is 1. The van der Waals surface area contributed by atoms with Crippen LogP contribution in [0.3, 0.4) is 0 Å². The van der Waals surface area contributed by atoms with Crippen molar-refractivity contribution in [3.63, 3.8) is 0 Å². The van der Waals surface area contributed by atoms with Gasteiger partial charge in [-0.25, -0.2) is 4.79 Å². The van der Waals surface area contributed by atoms with Crippen molar-refractivity contribution in [2.24, 2.45) is 4.99 Å². The monoisotopic (exact) mass is 233 g/mol. The molecule has 1 aliphatic rings. The summed E-state index contributed by atoms with van der Waals surface area (Å²) in [5.74, 6) is 0. The highest BCUT2D eigenvalue weighted by atomic mass is 16.2. The summed E-state index contributed by atoms with van der Waals surface area (Å²) in [6.45, 7) is 11.6. The van der Waals surface area contributed by atoms with Gasteiger partial charge in [-0.15, -0.1) is 0 Å². The minimum atomic E-state index is -0.408. The number of rotatable bonds is 5. The maximum atomic E-state index is 11.4. The van der Waals surface area contributed by atoms with E-state index < -0.39 is 6.17 Å². The molecule has 0 spiro atoms. The standard InChI is InChI=1S/C13H19N3O/c1-5-7-9(3)11-10(8-6-2)15-13(17)16-12(11)14-4/h6,8,12H,3-5,7H2,1-2H3,(H2,15,16,17)/b8-6-/t12-/m0/s1. The van der Waals surface area contributed by atoms with E-state index in [1.54, 1.807) is 0 Å². The molecule has 1 rings (SSSR count). The third kappa shape index (κ3) is 3.06. The van der Waals surface area contributed by atoms with Crippen LogP contribution in [0.5, 0.6) is 0 Å². The number of aliphatic imine (C=N–C) groups is 1. The highest BCUT2D eigenvalue weighted by Crippen LogP contribution is 2.24. The van der Waals surface area contributed by atoms with Gasteiger partial charge in [0.05, 0.1) is 0 Å². The summed E-state index contributed by atoms with van der Waals surface area (Å²) in [6.07, 6.45) is 5.20. The van der Waals surface area contributed by atoms with E-state index >= 15 is 0 Å². The van der Waals surface area contributed by atoms with Crippen LogP contribution in [-0.4, -0.2) is 18.9 Å². The smallest absolute Gasteiger partial charge is 0.312 e. The van der Waals surface area contributed by atoms with Crippen LogP contribution in [0.25, 0.3) is 0 Å². The maximum absolute atomic E-state index is 11.4. The van der Waals surface area contributed by atoms with Gasteiger partial charge in [0.15, 0.2) is 0 Å². The average Bonchev–Trinajstić information content (AvgIpc) is 2.28. The molecule has 17 heavy (non-hydrogen) atoms. The van der Waals surface area contributed by atoms with E-state index in [9.17, 15) is 4.79 Å². The Morgan fingerprint density at radius 2 is 2.29 bits per heavy atom. The van der Waals surface area contributed by atoms with E-state index in [2.05, 4.69) is 35.8 Å². The first kappa shape index (κ1) is 13.2. The second-order valence-corrected chi connectivity index (χ2v) is 3.86. The fourth-order valence-corrected chi connectivity index (χ4v) is 1.82. The van der Waals surface area contributed by atoms with Gasteiger partial charge in [-0.1, -0.05) is 26.0 Å². The number of nitrogens with zero attached hydrogens (tertiary/aromatic N) is 1. The minimum Gasteiger partial charge on any atom is -0.312 e. The van der Waals surface area contributed by atoms with Gasteiger partial charge >= 0.3 is 6.03 Å². The van der Waals surface area contributed by atoms with Crippen LogP contribution in [0.15, 0.2) is 40.6 Å². The Morgan fingerprint density at radius 3 is 2.82 bits per heavy atom. The highest BCUT2D eigenvalue weighted by Gasteiger charge is 2.25. The van der Waals surface area contributed by atoms with Crippen LogP contribution in [0.1, 0.15) is 26.7 Å². The number of hydrogen-bond donors (Lipinski definition) is 2. The Bertz CT molecular complexity index is 393. The van der Waals surface area contributed by atoms with Crippen molar-refractivity contribution in [2.75, 3.05) is 0 Å². The van der Waals surface area contributed by atoms with Crippen molar-refractivity contribution in [3.05, 3.63) is 35.6 Å². The number of amides is 2. The molecule has 0 aliphatic carbocycles. The molecule has 0 unspecified atom stereocenters. The van der Waals surface area contributed by atoms with Gasteiger partial charge < -0.3 is 10.6 Å². The molecular weight excluding hydrogens is 214 g/mol. The molecule has 4 nitrogen and oxygen atoms in total. The Hall–Kier alpha value is -1.84. The molecule has 1 heterocycles. The summed E-state index contributed by atoms with van der Waals surface area (Å²) in [6, 6.07) is -0.261. The fraction of sp³-hybridized carbons (Fsp3) is 0.385. The molecule has 0 aromatic carbocycles. The maximum Gasteiger partial charge on any atom is 0.321 e. The largest absolute Gasteiger partial charge is 0.321 e. The number of nitrogens with one attached hydrogen (secondary N) is 2. The van der Waals surface area contributed by atoms with Crippen molar-refractivity contribution in [3.8, 4) is 0 Å². The minimum absolute atomic E-state index is 0.261. The van der Waals surface area contributed by atoms with E-state index in [0.29, 0.717) is 0 Å². The SMILES string of the molecule is C=N[C@H]1NC(=O)NC(/C=C\C)=C1C(=C)CCC. The molecule has 2 amide bonds. The Morgan fingerprint density at radius 1 is 1.59 bits per heavy atom. The second kappa shape index (κ2) is 6.03. The first-order chi connectivity index (χ1) is 8.13. The van der Waals surface area contributed by atoms with Crippen molar-refractivity contribution >= 4 is 12.7 Å². The van der Waals surface area contributed by atoms with E-state index in [4.69, 9.17) is 0 Å². The molecule has 1 atom stereocenters. The van der Waals surface area contributed by atoms with Gasteiger partial charge in [0.1, 0.15) is 6.17 Å². The number of urea groups is 1. The summed E-state index contributed by atoms with van der Waals surface area (Å²) in [5, 5.41) is 5.48. The lowest BCUT2D eigenvalue weighted by Gasteiger charge is -2.27. The third-order valence-electron chi connectivity index (χ3n) is 2.53. The van der Waals surface area contributed by atoms with Crippen molar-refractivity contribution in [2.45, 2.75) is 32.9 Å². The van der Waals surface area contributed by atoms with Gasteiger partial charge in [-0.05, 0) is 31.7 Å². The van der Waals surface area contributed by atoms with Crippen LogP contribution in [0.2, 0.25) is 0 Å². The summed E-state index contributed by atoms with van der Waals surface area (Å²) in [5.41, 5.74) is 2.65. The summed E-state index contributed by atoms with van der Waals surface area (Å²) in [7, 11) is 0. The van der Waals surface area contributed by atoms with E-state index in [1.165, 1.54) is 0 Å². The summed E-state index contributed by atoms with van der Waals surface area (Å²) >= 11 is 0. The van der Waals surface area contributed by atoms with Gasteiger partial charge in [-0.3, -0.25) is 4.99 Å². The van der Waals surface area contributed by atoms with Crippen molar-refractivity contribution < 1.29 is 4.79 Å². The van der Waals surface area contributed by atoms with Gasteiger partial charge in [-0.2, -0.15) is 0 Å². The summed E-state index contributed by atoms with van der Waals surface area (Å²) < 4.78 is 0. The third-order valence-corrected chi connectivity index (χ3v) is 2.53. The van der Waals surface area contributed by atoms with Gasteiger partial charge in [0, 0.05) is 11.3 Å². The second-order valence-electron chi connectivity index (χ2n) is 3.86. The summed E-state index contributed by atoms with van der Waals surface area (Å²) in [4.78, 5) is 15.4. The lowest BCUT2D eigenvalue weighted by atomic mass is 9.97. The molecule has 0 bridgehead atoms. The topological polar surface area (TPSA) is 53.5 Å². The zero-order chi connectivity index (χ0) is 12.8. The molecule has 0 fully saturated rings. The van der Waals surface area contributed by atoms with Crippen LogP contribution in [0, 0.1) is 0 Å². The molecule has 0 aromatic rings. The molecule has 92 valence electrons. The molecular formula is C13H19N3O.